The number of halogens is 2. The molecule has 96 valence electrons. The van der Waals surface area contributed by atoms with E-state index in [1.165, 1.54) is 11.6 Å². The Hall–Kier alpha value is -1.48. The third-order valence-corrected chi connectivity index (χ3v) is 3.02. The average Bonchev–Trinajstić information content (AvgIpc) is 2.79. The molecule has 0 bridgehead atoms. The second-order valence-corrected chi connectivity index (χ2v) is 4.65. The molecule has 1 N–H and O–H groups in total. The number of benzene rings is 1. The molecule has 0 spiro atoms. The van der Waals surface area contributed by atoms with Gasteiger partial charge in [0.05, 0.1) is 5.02 Å². The third-order valence-electron chi connectivity index (χ3n) is 2.71. The summed E-state index contributed by atoms with van der Waals surface area (Å²) in [6.07, 6.45) is 5.27. The monoisotopic (exact) mass is 266 g/mol. The van der Waals surface area contributed by atoms with Gasteiger partial charge in [0.25, 0.3) is 0 Å². The lowest BCUT2D eigenvalue weighted by atomic mass is 10.3. The van der Waals surface area contributed by atoms with Gasteiger partial charge in [0.1, 0.15) is 5.82 Å². The minimum absolute atomic E-state index is 0.148. The molecule has 0 amide bonds. The number of rotatable bonds is 5. The van der Waals surface area contributed by atoms with Gasteiger partial charge in [-0.05, 0) is 36.2 Å². The number of anilines is 1. The van der Waals surface area contributed by atoms with Crippen molar-refractivity contribution in [3.8, 4) is 0 Å². The summed E-state index contributed by atoms with van der Waals surface area (Å²) in [7, 11) is 0. The highest BCUT2D eigenvalue weighted by atomic mass is 35.5. The highest BCUT2D eigenvalue weighted by Crippen LogP contribution is 2.19. The van der Waals surface area contributed by atoms with Gasteiger partial charge in [-0.1, -0.05) is 18.5 Å². The predicted molar refractivity (Wildman–Crippen MR) is 73.5 cm³/mol. The molecule has 0 fully saturated rings. The van der Waals surface area contributed by atoms with E-state index in [2.05, 4.69) is 35.3 Å². The number of aryl methyl sites for hydroxylation is 1. The molecule has 1 aromatic heterocycles. The van der Waals surface area contributed by atoms with E-state index in [1.807, 2.05) is 0 Å². The van der Waals surface area contributed by atoms with Crippen LogP contribution in [-0.2, 0) is 13.1 Å². The van der Waals surface area contributed by atoms with Crippen molar-refractivity contribution in [2.75, 3.05) is 5.32 Å². The second-order valence-electron chi connectivity index (χ2n) is 4.24. The first-order valence-corrected chi connectivity index (χ1v) is 6.40. The molecule has 2 nitrogen and oxygen atoms in total. The summed E-state index contributed by atoms with van der Waals surface area (Å²) in [5.74, 6) is -0.398. The van der Waals surface area contributed by atoms with Gasteiger partial charge in [-0.25, -0.2) is 4.39 Å². The smallest absolute Gasteiger partial charge is 0.143 e. The maximum atomic E-state index is 13.2. The standard InChI is InChI=1S/C14H16ClFN2/c1-2-6-18-7-5-11(10-18)9-17-12-3-4-13(15)14(16)8-12/h3-5,7-8,10,17H,2,6,9H2,1H3. The lowest BCUT2D eigenvalue weighted by molar-refractivity contribution is 0.628. The van der Waals surface area contributed by atoms with Crippen LogP contribution < -0.4 is 5.32 Å². The summed E-state index contributed by atoms with van der Waals surface area (Å²) in [4.78, 5) is 0. The molecule has 1 heterocycles. The predicted octanol–water partition coefficient (Wildman–Crippen LogP) is 4.30. The van der Waals surface area contributed by atoms with E-state index in [0.717, 1.165) is 18.7 Å². The third kappa shape index (κ3) is 3.26. The molecule has 0 aliphatic carbocycles. The van der Waals surface area contributed by atoms with Crippen molar-refractivity contribution in [3.63, 3.8) is 0 Å². The zero-order valence-corrected chi connectivity index (χ0v) is 11.0. The molecule has 0 aliphatic heterocycles. The zero-order chi connectivity index (χ0) is 13.0. The Morgan fingerprint density at radius 1 is 1.33 bits per heavy atom. The quantitative estimate of drug-likeness (QED) is 0.854. The number of aromatic nitrogens is 1. The molecule has 0 saturated carbocycles. The summed E-state index contributed by atoms with van der Waals surface area (Å²) in [5.41, 5.74) is 1.92. The van der Waals surface area contributed by atoms with Crippen LogP contribution in [0.1, 0.15) is 18.9 Å². The first-order valence-electron chi connectivity index (χ1n) is 6.02. The molecule has 0 saturated heterocycles. The van der Waals surface area contributed by atoms with Crippen molar-refractivity contribution < 1.29 is 4.39 Å². The molecular weight excluding hydrogens is 251 g/mol. The van der Waals surface area contributed by atoms with Crippen molar-refractivity contribution in [1.82, 2.24) is 4.57 Å². The van der Waals surface area contributed by atoms with E-state index >= 15 is 0 Å². The summed E-state index contributed by atoms with van der Waals surface area (Å²) in [6.45, 7) is 3.85. The Morgan fingerprint density at radius 3 is 2.89 bits per heavy atom. The molecule has 0 atom stereocenters. The summed E-state index contributed by atoms with van der Waals surface area (Å²) in [6, 6.07) is 6.80. The van der Waals surface area contributed by atoms with Gasteiger partial charge in [-0.15, -0.1) is 0 Å². The number of nitrogens with one attached hydrogen (secondary N) is 1. The van der Waals surface area contributed by atoms with Crippen molar-refractivity contribution in [1.29, 1.82) is 0 Å². The van der Waals surface area contributed by atoms with Crippen LogP contribution >= 0.6 is 11.6 Å². The molecule has 18 heavy (non-hydrogen) atoms. The fraction of sp³-hybridized carbons (Fsp3) is 0.286. The minimum Gasteiger partial charge on any atom is -0.381 e. The number of nitrogens with zero attached hydrogens (tertiary/aromatic N) is 1. The van der Waals surface area contributed by atoms with E-state index in [-0.39, 0.29) is 5.02 Å². The zero-order valence-electron chi connectivity index (χ0n) is 10.3. The summed E-state index contributed by atoms with van der Waals surface area (Å²) < 4.78 is 15.4. The lowest BCUT2D eigenvalue weighted by Gasteiger charge is -2.05. The average molecular weight is 267 g/mol. The van der Waals surface area contributed by atoms with Crippen LogP contribution in [-0.4, -0.2) is 4.57 Å². The SMILES string of the molecule is CCCn1ccc(CNc2ccc(Cl)c(F)c2)c1. The van der Waals surface area contributed by atoms with E-state index in [4.69, 9.17) is 11.6 Å². The number of hydrogen-bond acceptors (Lipinski definition) is 1. The summed E-state index contributed by atoms with van der Waals surface area (Å²) in [5, 5.41) is 3.32. The normalized spacial score (nSPS) is 10.6. The Bertz CT molecular complexity index is 522. The molecule has 0 radical (unpaired) electrons. The molecular formula is C14H16ClFN2. The van der Waals surface area contributed by atoms with Crippen molar-refractivity contribution in [3.05, 3.63) is 53.1 Å². The van der Waals surface area contributed by atoms with Crippen LogP contribution in [0.4, 0.5) is 10.1 Å². The fourth-order valence-corrected chi connectivity index (χ4v) is 1.92. The van der Waals surface area contributed by atoms with E-state index in [9.17, 15) is 4.39 Å². The lowest BCUT2D eigenvalue weighted by Crippen LogP contribution is -1.99. The van der Waals surface area contributed by atoms with E-state index < -0.39 is 5.82 Å². The maximum absolute atomic E-state index is 13.2. The van der Waals surface area contributed by atoms with Crippen molar-refractivity contribution in [2.24, 2.45) is 0 Å². The highest BCUT2D eigenvalue weighted by molar-refractivity contribution is 6.30. The minimum atomic E-state index is -0.398. The van der Waals surface area contributed by atoms with Gasteiger partial charge in [0.2, 0.25) is 0 Å². The van der Waals surface area contributed by atoms with Crippen molar-refractivity contribution in [2.45, 2.75) is 26.4 Å². The maximum Gasteiger partial charge on any atom is 0.143 e. The van der Waals surface area contributed by atoms with Crippen LogP contribution in [0.15, 0.2) is 36.7 Å². The molecule has 1 aromatic carbocycles. The van der Waals surface area contributed by atoms with Crippen LogP contribution in [0.2, 0.25) is 5.02 Å². The molecule has 4 heteroatoms. The topological polar surface area (TPSA) is 17.0 Å². The first-order chi connectivity index (χ1) is 8.69. The molecule has 0 aliphatic rings. The Kier molecular flexibility index (Phi) is 4.26. The second kappa shape index (κ2) is 5.91. The van der Waals surface area contributed by atoms with Gasteiger partial charge in [0.15, 0.2) is 0 Å². The van der Waals surface area contributed by atoms with E-state index in [1.54, 1.807) is 12.1 Å². The number of hydrogen-bond donors (Lipinski definition) is 1. The molecule has 2 aromatic rings. The van der Waals surface area contributed by atoms with Gasteiger partial charge in [-0.3, -0.25) is 0 Å². The highest BCUT2D eigenvalue weighted by Gasteiger charge is 2.01. The molecule has 0 unspecified atom stereocenters. The Labute approximate surface area is 111 Å². The summed E-state index contributed by atoms with van der Waals surface area (Å²) >= 11 is 5.63. The fourth-order valence-electron chi connectivity index (χ4n) is 1.80. The Balaban J connectivity index is 1.95. The van der Waals surface area contributed by atoms with Gasteiger partial charge in [-0.2, -0.15) is 0 Å². The Morgan fingerprint density at radius 2 is 2.17 bits per heavy atom. The van der Waals surface area contributed by atoms with Crippen LogP contribution in [0.5, 0.6) is 0 Å². The molecule has 2 rings (SSSR count). The van der Waals surface area contributed by atoms with E-state index in [0.29, 0.717) is 6.54 Å². The van der Waals surface area contributed by atoms with Crippen LogP contribution in [0.3, 0.4) is 0 Å². The largest absolute Gasteiger partial charge is 0.381 e. The van der Waals surface area contributed by atoms with Gasteiger partial charge >= 0.3 is 0 Å². The van der Waals surface area contributed by atoms with Crippen LogP contribution in [0.25, 0.3) is 0 Å². The first kappa shape index (κ1) is 13.0. The van der Waals surface area contributed by atoms with Gasteiger partial charge < -0.3 is 9.88 Å². The van der Waals surface area contributed by atoms with Gasteiger partial charge in [0, 0.05) is 31.2 Å². The van der Waals surface area contributed by atoms with Crippen molar-refractivity contribution >= 4 is 17.3 Å². The van der Waals surface area contributed by atoms with Crippen LogP contribution in [0, 0.1) is 5.82 Å².